The van der Waals surface area contributed by atoms with Crippen LogP contribution in [-0.4, -0.2) is 24.8 Å². The zero-order valence-corrected chi connectivity index (χ0v) is 8.80. The summed E-state index contributed by atoms with van der Waals surface area (Å²) < 4.78 is 4.92. The van der Waals surface area contributed by atoms with Crippen LogP contribution in [0.2, 0.25) is 0 Å². The molecule has 0 bridgehead atoms. The molecule has 0 unspecified atom stereocenters. The molecule has 82 valence electrons. The van der Waals surface area contributed by atoms with Gasteiger partial charge in [-0.25, -0.2) is 4.79 Å². The lowest BCUT2D eigenvalue weighted by Crippen LogP contribution is -1.99. The molecule has 16 heavy (non-hydrogen) atoms. The van der Waals surface area contributed by atoms with E-state index in [0.29, 0.717) is 16.7 Å². The van der Waals surface area contributed by atoms with E-state index in [0.717, 1.165) is 6.08 Å². The van der Waals surface area contributed by atoms with E-state index < -0.39 is 5.97 Å². The Labute approximate surface area is 93.4 Å². The second-order valence-electron chi connectivity index (χ2n) is 3.13. The summed E-state index contributed by atoms with van der Waals surface area (Å²) in [7, 11) is 1.49. The van der Waals surface area contributed by atoms with Crippen molar-refractivity contribution in [2.24, 2.45) is 0 Å². The smallest absolute Gasteiger partial charge is 0.328 e. The van der Waals surface area contributed by atoms with Crippen molar-refractivity contribution in [1.82, 2.24) is 0 Å². The van der Waals surface area contributed by atoms with Crippen molar-refractivity contribution in [3.63, 3.8) is 0 Å². The molecule has 0 heterocycles. The van der Waals surface area contributed by atoms with Gasteiger partial charge in [0.1, 0.15) is 0 Å². The molecule has 4 heteroatoms. The van der Waals surface area contributed by atoms with E-state index >= 15 is 0 Å². The SMILES string of the molecule is COC/C(=C/C(=O)O)c1cccc(C#N)c1. The minimum atomic E-state index is -1.03. The third kappa shape index (κ3) is 3.23. The van der Waals surface area contributed by atoms with Gasteiger partial charge in [-0.15, -0.1) is 0 Å². The van der Waals surface area contributed by atoms with Crippen LogP contribution in [0, 0.1) is 11.3 Å². The van der Waals surface area contributed by atoms with E-state index in [-0.39, 0.29) is 6.61 Å². The number of nitrogens with zero attached hydrogens (tertiary/aromatic N) is 1. The topological polar surface area (TPSA) is 70.3 Å². The quantitative estimate of drug-likeness (QED) is 0.779. The van der Waals surface area contributed by atoms with Crippen LogP contribution < -0.4 is 0 Å². The Kier molecular flexibility index (Phi) is 4.25. The summed E-state index contributed by atoms with van der Waals surface area (Å²) in [6.45, 7) is 0.196. The van der Waals surface area contributed by atoms with Crippen molar-refractivity contribution < 1.29 is 14.6 Å². The Morgan fingerprint density at radius 1 is 1.62 bits per heavy atom. The number of aliphatic carboxylic acids is 1. The fourth-order valence-corrected chi connectivity index (χ4v) is 1.30. The third-order valence-electron chi connectivity index (χ3n) is 1.96. The predicted octanol–water partition coefficient (Wildman–Crippen LogP) is 1.67. The first kappa shape index (κ1) is 12.0. The summed E-state index contributed by atoms with van der Waals surface area (Å²) in [5.74, 6) is -1.03. The highest BCUT2D eigenvalue weighted by atomic mass is 16.5. The largest absolute Gasteiger partial charge is 0.478 e. The van der Waals surface area contributed by atoms with Gasteiger partial charge in [-0.05, 0) is 23.3 Å². The predicted molar refractivity (Wildman–Crippen MR) is 58.6 cm³/mol. The number of methoxy groups -OCH3 is 1. The second kappa shape index (κ2) is 5.69. The molecule has 0 atom stereocenters. The first-order valence-electron chi connectivity index (χ1n) is 4.60. The Morgan fingerprint density at radius 3 is 2.94 bits per heavy atom. The van der Waals surface area contributed by atoms with Gasteiger partial charge in [0.25, 0.3) is 0 Å². The van der Waals surface area contributed by atoms with Crippen LogP contribution in [-0.2, 0) is 9.53 Å². The Balaban J connectivity index is 3.11. The number of rotatable bonds is 4. The molecule has 0 aliphatic carbocycles. The maximum atomic E-state index is 10.6. The number of benzene rings is 1. The number of nitriles is 1. The monoisotopic (exact) mass is 217 g/mol. The molecule has 4 nitrogen and oxygen atoms in total. The van der Waals surface area contributed by atoms with Crippen LogP contribution >= 0.6 is 0 Å². The van der Waals surface area contributed by atoms with Crippen LogP contribution in [0.15, 0.2) is 30.3 Å². The number of carbonyl (C=O) groups is 1. The minimum Gasteiger partial charge on any atom is -0.478 e. The first-order valence-corrected chi connectivity index (χ1v) is 4.60. The molecule has 0 amide bonds. The van der Waals surface area contributed by atoms with E-state index in [1.54, 1.807) is 24.3 Å². The summed E-state index contributed by atoms with van der Waals surface area (Å²) in [6.07, 6.45) is 1.08. The number of carboxylic acids is 1. The molecule has 0 aromatic heterocycles. The number of ether oxygens (including phenoxy) is 1. The fraction of sp³-hybridized carbons (Fsp3) is 0.167. The van der Waals surface area contributed by atoms with Crippen molar-refractivity contribution in [1.29, 1.82) is 5.26 Å². The average molecular weight is 217 g/mol. The second-order valence-corrected chi connectivity index (χ2v) is 3.13. The third-order valence-corrected chi connectivity index (χ3v) is 1.96. The van der Waals surface area contributed by atoms with Gasteiger partial charge < -0.3 is 9.84 Å². The van der Waals surface area contributed by atoms with Gasteiger partial charge in [0.15, 0.2) is 0 Å². The summed E-state index contributed by atoms with van der Waals surface area (Å²) in [4.78, 5) is 10.6. The molecular weight excluding hydrogens is 206 g/mol. The Bertz CT molecular complexity index is 458. The van der Waals surface area contributed by atoms with Crippen molar-refractivity contribution >= 4 is 11.5 Å². The molecule has 0 fully saturated rings. The van der Waals surface area contributed by atoms with Crippen molar-refractivity contribution in [2.45, 2.75) is 0 Å². The van der Waals surface area contributed by atoms with Gasteiger partial charge >= 0.3 is 5.97 Å². The molecule has 0 spiro atoms. The highest BCUT2D eigenvalue weighted by Crippen LogP contribution is 2.16. The first-order chi connectivity index (χ1) is 7.67. The molecule has 1 N–H and O–H groups in total. The molecule has 0 saturated heterocycles. The number of carboxylic acid groups (broad SMARTS) is 1. The summed E-state index contributed by atoms with van der Waals surface area (Å²) >= 11 is 0. The van der Waals surface area contributed by atoms with E-state index in [1.165, 1.54) is 7.11 Å². The lowest BCUT2D eigenvalue weighted by molar-refractivity contribution is -0.131. The molecule has 0 aliphatic heterocycles. The minimum absolute atomic E-state index is 0.196. The van der Waals surface area contributed by atoms with Gasteiger partial charge in [-0.1, -0.05) is 12.1 Å². The van der Waals surface area contributed by atoms with Crippen LogP contribution in [0.5, 0.6) is 0 Å². The average Bonchev–Trinajstić information content (AvgIpc) is 2.28. The molecule has 1 rings (SSSR count). The van der Waals surface area contributed by atoms with E-state index in [1.807, 2.05) is 6.07 Å². The standard InChI is InChI=1S/C12H11NO3/c1-16-8-11(6-12(14)15)10-4-2-3-9(5-10)7-13/h2-6H,8H2,1H3,(H,14,15)/b11-6-. The molecule has 0 saturated carbocycles. The molecule has 0 radical (unpaired) electrons. The van der Waals surface area contributed by atoms with Crippen LogP contribution in [0.4, 0.5) is 0 Å². The van der Waals surface area contributed by atoms with Crippen molar-refractivity contribution in [3.8, 4) is 6.07 Å². The van der Waals surface area contributed by atoms with E-state index in [2.05, 4.69) is 0 Å². The van der Waals surface area contributed by atoms with E-state index in [9.17, 15) is 4.79 Å². The van der Waals surface area contributed by atoms with Gasteiger partial charge in [-0.3, -0.25) is 0 Å². The summed E-state index contributed by atoms with van der Waals surface area (Å²) in [6, 6.07) is 8.75. The van der Waals surface area contributed by atoms with Gasteiger partial charge in [0.2, 0.25) is 0 Å². The summed E-state index contributed by atoms with van der Waals surface area (Å²) in [5, 5.41) is 17.4. The Hall–Kier alpha value is -2.12. The maximum Gasteiger partial charge on any atom is 0.328 e. The van der Waals surface area contributed by atoms with Gasteiger partial charge in [0.05, 0.1) is 18.2 Å². The van der Waals surface area contributed by atoms with Crippen LogP contribution in [0.1, 0.15) is 11.1 Å². The highest BCUT2D eigenvalue weighted by molar-refractivity contribution is 5.90. The molecule has 1 aromatic rings. The fourth-order valence-electron chi connectivity index (χ4n) is 1.30. The molecule has 1 aromatic carbocycles. The maximum absolute atomic E-state index is 10.6. The number of hydrogen-bond donors (Lipinski definition) is 1. The van der Waals surface area contributed by atoms with Gasteiger partial charge in [0, 0.05) is 13.2 Å². The Morgan fingerprint density at radius 2 is 2.38 bits per heavy atom. The zero-order chi connectivity index (χ0) is 12.0. The highest BCUT2D eigenvalue weighted by Gasteiger charge is 2.04. The number of hydrogen-bond acceptors (Lipinski definition) is 3. The summed E-state index contributed by atoms with van der Waals surface area (Å²) in [5.41, 5.74) is 1.71. The lowest BCUT2D eigenvalue weighted by atomic mass is 10.0. The normalized spacial score (nSPS) is 10.9. The van der Waals surface area contributed by atoms with Crippen molar-refractivity contribution in [3.05, 3.63) is 41.5 Å². The van der Waals surface area contributed by atoms with Crippen molar-refractivity contribution in [2.75, 3.05) is 13.7 Å². The molecular formula is C12H11NO3. The van der Waals surface area contributed by atoms with E-state index in [4.69, 9.17) is 15.1 Å². The van der Waals surface area contributed by atoms with Gasteiger partial charge in [-0.2, -0.15) is 5.26 Å². The zero-order valence-electron chi connectivity index (χ0n) is 8.80. The van der Waals surface area contributed by atoms with Crippen LogP contribution in [0.3, 0.4) is 0 Å². The molecule has 0 aliphatic rings. The van der Waals surface area contributed by atoms with Crippen LogP contribution in [0.25, 0.3) is 5.57 Å². The lowest BCUT2D eigenvalue weighted by Gasteiger charge is -2.05.